The van der Waals surface area contributed by atoms with Gasteiger partial charge in [-0.2, -0.15) is 0 Å². The average Bonchev–Trinajstić information content (AvgIpc) is 3.04. The lowest BCUT2D eigenvalue weighted by Crippen LogP contribution is -2.36. The maximum atomic E-state index is 11.8. The normalized spacial score (nSPS) is 20.4. The number of morpholine rings is 1. The number of carbonyl (C=O) groups excluding carboxylic acids is 1. The van der Waals surface area contributed by atoms with E-state index < -0.39 is 0 Å². The van der Waals surface area contributed by atoms with E-state index in [9.17, 15) is 4.79 Å². The fourth-order valence-electron chi connectivity index (χ4n) is 1.75. The first-order chi connectivity index (χ1) is 8.33. The Hall–Kier alpha value is -1.14. The summed E-state index contributed by atoms with van der Waals surface area (Å²) in [5.74, 6) is 0.0181. The largest absolute Gasteiger partial charge is 0.378 e. The predicted octanol–water partition coefficient (Wildman–Crippen LogP) is 0.872. The van der Waals surface area contributed by atoms with Gasteiger partial charge in [-0.15, -0.1) is 0 Å². The van der Waals surface area contributed by atoms with Gasteiger partial charge in [-0.05, 0) is 12.8 Å². The van der Waals surface area contributed by atoms with Gasteiger partial charge in [0.1, 0.15) is 4.88 Å². The maximum absolute atomic E-state index is 11.8. The molecule has 1 saturated heterocycles. The van der Waals surface area contributed by atoms with Crippen LogP contribution in [0.5, 0.6) is 0 Å². The van der Waals surface area contributed by atoms with Gasteiger partial charge in [0.05, 0.1) is 19.4 Å². The number of nitrogens with zero attached hydrogens (tertiary/aromatic N) is 2. The summed E-state index contributed by atoms with van der Waals surface area (Å²) in [4.78, 5) is 19.0. The van der Waals surface area contributed by atoms with Gasteiger partial charge in [0, 0.05) is 19.1 Å². The summed E-state index contributed by atoms with van der Waals surface area (Å²) >= 11 is 1.46. The van der Waals surface area contributed by atoms with Crippen LogP contribution in [0.15, 0.2) is 6.20 Å². The molecular weight excluding hydrogens is 238 g/mol. The fourth-order valence-corrected chi connectivity index (χ4v) is 2.63. The van der Waals surface area contributed by atoms with Crippen molar-refractivity contribution in [2.45, 2.75) is 18.9 Å². The highest BCUT2D eigenvalue weighted by molar-refractivity contribution is 7.17. The molecule has 1 N–H and O–H groups in total. The number of thiazole rings is 1. The van der Waals surface area contributed by atoms with Crippen LogP contribution in [-0.4, -0.2) is 43.2 Å². The van der Waals surface area contributed by atoms with Crippen LogP contribution in [0, 0.1) is 0 Å². The molecule has 1 aromatic heterocycles. The Morgan fingerprint density at radius 1 is 1.47 bits per heavy atom. The lowest BCUT2D eigenvalue weighted by molar-refractivity contribution is 0.0955. The molecule has 2 heterocycles. The van der Waals surface area contributed by atoms with E-state index in [1.807, 2.05) is 0 Å². The standard InChI is InChI=1S/C11H15N3O2S/c15-10(13-8-1-2-8)9-7-12-11(17-9)14-3-5-16-6-4-14/h7-8H,1-6H2,(H,13,15). The van der Waals surface area contributed by atoms with E-state index in [0.29, 0.717) is 10.9 Å². The number of ether oxygens (including phenoxy) is 1. The second-order valence-electron chi connectivity index (χ2n) is 4.35. The SMILES string of the molecule is O=C(NC1CC1)c1cnc(N2CCOCC2)s1. The average molecular weight is 253 g/mol. The van der Waals surface area contributed by atoms with E-state index in [-0.39, 0.29) is 5.91 Å². The lowest BCUT2D eigenvalue weighted by Gasteiger charge is -2.25. The van der Waals surface area contributed by atoms with Gasteiger partial charge in [-0.25, -0.2) is 4.98 Å². The van der Waals surface area contributed by atoms with Crippen LogP contribution >= 0.6 is 11.3 Å². The van der Waals surface area contributed by atoms with Crippen LogP contribution in [0.3, 0.4) is 0 Å². The molecule has 2 aliphatic rings. The van der Waals surface area contributed by atoms with E-state index in [1.54, 1.807) is 6.20 Å². The van der Waals surface area contributed by atoms with Crippen molar-refractivity contribution in [3.8, 4) is 0 Å². The molecule has 1 aliphatic carbocycles. The molecule has 0 unspecified atom stereocenters. The van der Waals surface area contributed by atoms with Crippen molar-refractivity contribution in [2.75, 3.05) is 31.2 Å². The first-order valence-electron chi connectivity index (χ1n) is 5.92. The highest BCUT2D eigenvalue weighted by atomic mass is 32.1. The van der Waals surface area contributed by atoms with Crippen molar-refractivity contribution >= 4 is 22.4 Å². The Morgan fingerprint density at radius 2 is 2.24 bits per heavy atom. The molecule has 0 radical (unpaired) electrons. The molecular formula is C11H15N3O2S. The fraction of sp³-hybridized carbons (Fsp3) is 0.636. The molecule has 0 aromatic carbocycles. The minimum absolute atomic E-state index is 0.0181. The van der Waals surface area contributed by atoms with Crippen LogP contribution < -0.4 is 10.2 Å². The Bertz CT molecular complexity index is 411. The van der Waals surface area contributed by atoms with Gasteiger partial charge in [0.25, 0.3) is 5.91 Å². The zero-order valence-corrected chi connectivity index (χ0v) is 10.3. The molecule has 0 atom stereocenters. The number of aromatic nitrogens is 1. The van der Waals surface area contributed by atoms with Crippen LogP contribution in [0.1, 0.15) is 22.5 Å². The number of nitrogens with one attached hydrogen (secondary N) is 1. The molecule has 6 heteroatoms. The first kappa shape index (κ1) is 11.0. The second-order valence-corrected chi connectivity index (χ2v) is 5.36. The third-order valence-electron chi connectivity index (χ3n) is 2.91. The van der Waals surface area contributed by atoms with Gasteiger partial charge in [0.2, 0.25) is 0 Å². The molecule has 3 rings (SSSR count). The monoisotopic (exact) mass is 253 g/mol. The van der Waals surface area contributed by atoms with E-state index >= 15 is 0 Å². The Morgan fingerprint density at radius 3 is 2.94 bits per heavy atom. The van der Waals surface area contributed by atoms with Gasteiger partial charge in [-0.1, -0.05) is 11.3 Å². The first-order valence-corrected chi connectivity index (χ1v) is 6.74. The van der Waals surface area contributed by atoms with Crippen molar-refractivity contribution in [3.63, 3.8) is 0 Å². The third kappa shape index (κ3) is 2.58. The highest BCUT2D eigenvalue weighted by Gasteiger charge is 2.25. The van der Waals surface area contributed by atoms with E-state index in [2.05, 4.69) is 15.2 Å². The molecule has 0 bridgehead atoms. The Labute approximate surface area is 104 Å². The van der Waals surface area contributed by atoms with Gasteiger partial charge in [0.15, 0.2) is 5.13 Å². The number of hydrogen-bond donors (Lipinski definition) is 1. The number of amides is 1. The maximum Gasteiger partial charge on any atom is 0.263 e. The summed E-state index contributed by atoms with van der Waals surface area (Å²) < 4.78 is 5.29. The number of anilines is 1. The summed E-state index contributed by atoms with van der Waals surface area (Å²) in [7, 11) is 0. The number of hydrogen-bond acceptors (Lipinski definition) is 5. The smallest absolute Gasteiger partial charge is 0.263 e. The minimum Gasteiger partial charge on any atom is -0.378 e. The van der Waals surface area contributed by atoms with Crippen LogP contribution in [0.4, 0.5) is 5.13 Å². The molecule has 5 nitrogen and oxygen atoms in total. The summed E-state index contributed by atoms with van der Waals surface area (Å²) in [6.45, 7) is 3.20. The molecule has 1 saturated carbocycles. The zero-order valence-electron chi connectivity index (χ0n) is 9.52. The van der Waals surface area contributed by atoms with Crippen LogP contribution in [-0.2, 0) is 4.74 Å². The quantitative estimate of drug-likeness (QED) is 0.868. The molecule has 2 fully saturated rings. The van der Waals surface area contributed by atoms with E-state index in [1.165, 1.54) is 11.3 Å². The predicted molar refractivity (Wildman–Crippen MR) is 65.6 cm³/mol. The van der Waals surface area contributed by atoms with Gasteiger partial charge >= 0.3 is 0 Å². The molecule has 92 valence electrons. The molecule has 1 aromatic rings. The molecule has 1 aliphatic heterocycles. The van der Waals surface area contributed by atoms with Crippen molar-refractivity contribution in [3.05, 3.63) is 11.1 Å². The topological polar surface area (TPSA) is 54.5 Å². The highest BCUT2D eigenvalue weighted by Crippen LogP contribution is 2.25. The van der Waals surface area contributed by atoms with Crippen molar-refractivity contribution in [1.82, 2.24) is 10.3 Å². The summed E-state index contributed by atoms with van der Waals surface area (Å²) in [6, 6.07) is 0.399. The summed E-state index contributed by atoms with van der Waals surface area (Å²) in [5.41, 5.74) is 0. The minimum atomic E-state index is 0.0181. The number of rotatable bonds is 3. The summed E-state index contributed by atoms with van der Waals surface area (Å²) in [6.07, 6.45) is 3.90. The van der Waals surface area contributed by atoms with Crippen molar-refractivity contribution in [1.29, 1.82) is 0 Å². The zero-order chi connectivity index (χ0) is 11.7. The molecule has 0 spiro atoms. The van der Waals surface area contributed by atoms with Gasteiger partial charge in [-0.3, -0.25) is 4.79 Å². The van der Waals surface area contributed by atoms with E-state index in [4.69, 9.17) is 4.74 Å². The van der Waals surface area contributed by atoms with Crippen molar-refractivity contribution in [2.24, 2.45) is 0 Å². The Kier molecular flexibility index (Phi) is 2.98. The molecule has 1 amide bonds. The van der Waals surface area contributed by atoms with E-state index in [0.717, 1.165) is 44.3 Å². The summed E-state index contributed by atoms with van der Waals surface area (Å²) in [5, 5.41) is 3.90. The molecule has 17 heavy (non-hydrogen) atoms. The lowest BCUT2D eigenvalue weighted by atomic mass is 10.5. The Balaban J connectivity index is 1.65. The number of carbonyl (C=O) groups is 1. The van der Waals surface area contributed by atoms with Crippen LogP contribution in [0.2, 0.25) is 0 Å². The third-order valence-corrected chi connectivity index (χ3v) is 3.97. The van der Waals surface area contributed by atoms with Crippen molar-refractivity contribution < 1.29 is 9.53 Å². The van der Waals surface area contributed by atoms with Gasteiger partial charge < -0.3 is 15.0 Å². The second kappa shape index (κ2) is 4.62. The van der Waals surface area contributed by atoms with Crippen LogP contribution in [0.25, 0.3) is 0 Å².